The summed E-state index contributed by atoms with van der Waals surface area (Å²) >= 11 is 1.51. The van der Waals surface area contributed by atoms with E-state index in [0.29, 0.717) is 5.75 Å². The molecule has 0 atom stereocenters. The van der Waals surface area contributed by atoms with Gasteiger partial charge in [-0.05, 0) is 30.3 Å². The van der Waals surface area contributed by atoms with Gasteiger partial charge in [0.1, 0.15) is 17.2 Å². The number of thiophene rings is 1. The van der Waals surface area contributed by atoms with Gasteiger partial charge in [0.15, 0.2) is 0 Å². The molecular formula is C14H10O2S. The molecule has 0 amide bonds. The molecule has 0 unspecified atom stereocenters. The summed E-state index contributed by atoms with van der Waals surface area (Å²) in [4.78, 5) is 0. The van der Waals surface area contributed by atoms with Gasteiger partial charge < -0.3 is 9.84 Å². The van der Waals surface area contributed by atoms with Crippen molar-refractivity contribution in [3.05, 3.63) is 53.9 Å². The maximum atomic E-state index is 9.56. The minimum absolute atomic E-state index is 0.330. The van der Waals surface area contributed by atoms with Gasteiger partial charge in [-0.3, -0.25) is 0 Å². The Morgan fingerprint density at radius 1 is 0.941 bits per heavy atom. The first-order chi connectivity index (χ1) is 8.33. The summed E-state index contributed by atoms with van der Waals surface area (Å²) < 4.78 is 6.74. The van der Waals surface area contributed by atoms with Gasteiger partial charge in [0.25, 0.3) is 0 Å². The lowest BCUT2D eigenvalue weighted by atomic mass is 10.2. The Kier molecular flexibility index (Phi) is 2.46. The molecule has 1 N–H and O–H groups in total. The fourth-order valence-corrected chi connectivity index (χ4v) is 2.53. The van der Waals surface area contributed by atoms with E-state index in [1.54, 1.807) is 5.38 Å². The number of para-hydroxylation sites is 1. The summed E-state index contributed by atoms with van der Waals surface area (Å²) in [5.41, 5.74) is 0. The van der Waals surface area contributed by atoms with Crippen molar-refractivity contribution in [1.82, 2.24) is 0 Å². The molecule has 84 valence electrons. The number of fused-ring (bicyclic) bond motifs is 1. The first kappa shape index (κ1) is 10.2. The van der Waals surface area contributed by atoms with Crippen molar-refractivity contribution < 1.29 is 9.84 Å². The zero-order valence-corrected chi connectivity index (χ0v) is 9.78. The van der Waals surface area contributed by atoms with Crippen LogP contribution in [0.3, 0.4) is 0 Å². The van der Waals surface area contributed by atoms with Crippen LogP contribution >= 0.6 is 11.3 Å². The molecule has 3 heteroatoms. The van der Waals surface area contributed by atoms with Crippen LogP contribution < -0.4 is 4.74 Å². The predicted octanol–water partition coefficient (Wildman–Crippen LogP) is 4.40. The molecule has 0 bridgehead atoms. The highest BCUT2D eigenvalue weighted by Crippen LogP contribution is 2.34. The van der Waals surface area contributed by atoms with Crippen LogP contribution in [-0.4, -0.2) is 5.11 Å². The van der Waals surface area contributed by atoms with E-state index in [4.69, 9.17) is 4.74 Å². The SMILES string of the molecule is Oc1csc2cc(Oc3ccccc3)ccc12. The van der Waals surface area contributed by atoms with Gasteiger partial charge in [0.2, 0.25) is 0 Å². The summed E-state index contributed by atoms with van der Waals surface area (Å²) in [6.45, 7) is 0. The van der Waals surface area contributed by atoms with Crippen LogP contribution in [-0.2, 0) is 0 Å². The maximum Gasteiger partial charge on any atom is 0.134 e. The molecule has 1 aromatic heterocycles. The molecule has 2 nitrogen and oxygen atoms in total. The molecule has 17 heavy (non-hydrogen) atoms. The highest BCUT2D eigenvalue weighted by atomic mass is 32.1. The van der Waals surface area contributed by atoms with Crippen LogP contribution in [0.4, 0.5) is 0 Å². The van der Waals surface area contributed by atoms with Gasteiger partial charge in [-0.15, -0.1) is 11.3 Å². The highest BCUT2D eigenvalue weighted by molar-refractivity contribution is 7.17. The van der Waals surface area contributed by atoms with Crippen molar-refractivity contribution >= 4 is 21.4 Å². The second-order valence-corrected chi connectivity index (χ2v) is 4.61. The molecule has 1 heterocycles. The monoisotopic (exact) mass is 242 g/mol. The van der Waals surface area contributed by atoms with E-state index in [9.17, 15) is 5.11 Å². The summed E-state index contributed by atoms with van der Waals surface area (Å²) in [6.07, 6.45) is 0. The van der Waals surface area contributed by atoms with Crippen LogP contribution in [0.2, 0.25) is 0 Å². The quantitative estimate of drug-likeness (QED) is 0.721. The smallest absolute Gasteiger partial charge is 0.134 e. The third-order valence-electron chi connectivity index (χ3n) is 2.51. The molecule has 0 aliphatic rings. The summed E-state index contributed by atoms with van der Waals surface area (Å²) in [5.74, 6) is 1.93. The second-order valence-electron chi connectivity index (χ2n) is 3.69. The van der Waals surface area contributed by atoms with Crippen molar-refractivity contribution in [2.45, 2.75) is 0 Å². The minimum atomic E-state index is 0.330. The van der Waals surface area contributed by atoms with Gasteiger partial charge in [-0.25, -0.2) is 0 Å². The van der Waals surface area contributed by atoms with Crippen LogP contribution in [0, 0.1) is 0 Å². The molecule has 2 aromatic carbocycles. The number of hydrogen-bond donors (Lipinski definition) is 1. The van der Waals surface area contributed by atoms with Crippen LogP contribution in [0.25, 0.3) is 10.1 Å². The average Bonchev–Trinajstić information content (AvgIpc) is 2.72. The Labute approximate surface area is 103 Å². The summed E-state index contributed by atoms with van der Waals surface area (Å²) in [6, 6.07) is 15.3. The summed E-state index contributed by atoms with van der Waals surface area (Å²) in [5, 5.41) is 12.2. The molecular weight excluding hydrogens is 232 g/mol. The molecule has 0 saturated carbocycles. The lowest BCUT2D eigenvalue weighted by molar-refractivity contribution is 0.481. The molecule has 0 aliphatic heterocycles. The normalized spacial score (nSPS) is 10.6. The zero-order valence-electron chi connectivity index (χ0n) is 8.96. The van der Waals surface area contributed by atoms with Crippen LogP contribution in [0.1, 0.15) is 0 Å². The van der Waals surface area contributed by atoms with Gasteiger partial charge in [-0.1, -0.05) is 18.2 Å². The standard InChI is InChI=1S/C14H10O2S/c15-13-9-17-14-8-11(6-7-12(13)14)16-10-4-2-1-3-5-10/h1-9,15H. The Bertz CT molecular complexity index is 644. The minimum Gasteiger partial charge on any atom is -0.506 e. The molecule has 0 saturated heterocycles. The highest BCUT2D eigenvalue weighted by Gasteiger charge is 2.04. The van der Waals surface area contributed by atoms with Gasteiger partial charge in [-0.2, -0.15) is 0 Å². The largest absolute Gasteiger partial charge is 0.506 e. The fourth-order valence-electron chi connectivity index (χ4n) is 1.68. The van der Waals surface area contributed by atoms with Gasteiger partial charge in [0, 0.05) is 15.5 Å². The van der Waals surface area contributed by atoms with Crippen LogP contribution in [0.5, 0.6) is 17.2 Å². The van der Waals surface area contributed by atoms with E-state index >= 15 is 0 Å². The number of aromatic hydroxyl groups is 1. The molecule has 3 aromatic rings. The first-order valence-electron chi connectivity index (χ1n) is 5.26. The molecule has 0 spiro atoms. The van der Waals surface area contributed by atoms with Crippen molar-refractivity contribution in [1.29, 1.82) is 0 Å². The van der Waals surface area contributed by atoms with Crippen molar-refractivity contribution in [3.63, 3.8) is 0 Å². The van der Waals surface area contributed by atoms with E-state index in [2.05, 4.69) is 0 Å². The van der Waals surface area contributed by atoms with E-state index in [-0.39, 0.29) is 0 Å². The molecule has 0 aliphatic carbocycles. The fraction of sp³-hybridized carbons (Fsp3) is 0. The van der Waals surface area contributed by atoms with Crippen molar-refractivity contribution in [2.24, 2.45) is 0 Å². The van der Waals surface area contributed by atoms with Crippen molar-refractivity contribution in [3.8, 4) is 17.2 Å². The van der Waals surface area contributed by atoms with E-state index in [0.717, 1.165) is 21.6 Å². The number of rotatable bonds is 2. The topological polar surface area (TPSA) is 29.5 Å². The Hall–Kier alpha value is -2.00. The third kappa shape index (κ3) is 1.97. The number of ether oxygens (including phenoxy) is 1. The number of hydrogen-bond acceptors (Lipinski definition) is 3. The first-order valence-corrected chi connectivity index (χ1v) is 6.14. The molecule has 3 rings (SSSR count). The Morgan fingerprint density at radius 3 is 2.59 bits per heavy atom. The summed E-state index contributed by atoms with van der Waals surface area (Å²) in [7, 11) is 0. The Morgan fingerprint density at radius 2 is 1.76 bits per heavy atom. The molecule has 0 fully saturated rings. The van der Waals surface area contributed by atoms with Crippen LogP contribution in [0.15, 0.2) is 53.9 Å². The predicted molar refractivity (Wildman–Crippen MR) is 70.0 cm³/mol. The van der Waals surface area contributed by atoms with E-state index in [1.165, 1.54) is 11.3 Å². The zero-order chi connectivity index (χ0) is 11.7. The van der Waals surface area contributed by atoms with E-state index in [1.807, 2.05) is 48.5 Å². The lowest BCUT2D eigenvalue weighted by Gasteiger charge is -2.05. The Balaban J connectivity index is 1.96. The second kappa shape index (κ2) is 4.11. The van der Waals surface area contributed by atoms with Crippen molar-refractivity contribution in [2.75, 3.05) is 0 Å². The van der Waals surface area contributed by atoms with E-state index < -0.39 is 0 Å². The lowest BCUT2D eigenvalue weighted by Crippen LogP contribution is -1.82. The third-order valence-corrected chi connectivity index (χ3v) is 3.44. The average molecular weight is 242 g/mol. The van der Waals surface area contributed by atoms with Gasteiger partial charge in [0.05, 0.1) is 0 Å². The molecule has 0 radical (unpaired) electrons. The van der Waals surface area contributed by atoms with Gasteiger partial charge >= 0.3 is 0 Å². The number of benzene rings is 2. The maximum absolute atomic E-state index is 9.56.